The van der Waals surface area contributed by atoms with Crippen LogP contribution in [0.3, 0.4) is 0 Å². The van der Waals surface area contributed by atoms with Crippen molar-refractivity contribution in [3.63, 3.8) is 0 Å². The van der Waals surface area contributed by atoms with Crippen molar-refractivity contribution in [2.24, 2.45) is 0 Å². The van der Waals surface area contributed by atoms with Crippen LogP contribution in [0.2, 0.25) is 0 Å². The molecule has 0 aliphatic heterocycles. The molecule has 0 heterocycles. The van der Waals surface area contributed by atoms with Gasteiger partial charge in [-0.05, 0) is 0 Å². The average molecular weight is 140 g/mol. The molecule has 0 spiro atoms. The maximum atomic E-state index is 8.70. The summed E-state index contributed by atoms with van der Waals surface area (Å²) in [7, 11) is 0. The van der Waals surface area contributed by atoms with Crippen molar-refractivity contribution < 1.29 is 27.3 Å². The van der Waals surface area contributed by atoms with Gasteiger partial charge in [0.1, 0.15) is 0 Å². The summed E-state index contributed by atoms with van der Waals surface area (Å²) in [6, 6.07) is 0. The molecule has 0 unspecified atom stereocenters. The Labute approximate surface area is 45.3 Å². The Hall–Kier alpha value is 0.209. The summed E-state index contributed by atoms with van der Waals surface area (Å²) in [4.78, 5) is 0. The minimum absolute atomic E-state index is 0. The van der Waals surface area contributed by atoms with Crippen molar-refractivity contribution in [1.82, 2.24) is 0 Å². The van der Waals surface area contributed by atoms with Crippen molar-refractivity contribution in [2.75, 3.05) is 0 Å². The van der Waals surface area contributed by atoms with E-state index in [1.807, 2.05) is 0 Å². The third-order valence-electron chi connectivity index (χ3n) is 0. The van der Waals surface area contributed by atoms with Gasteiger partial charge in [0, 0.05) is 0 Å². The number of rotatable bonds is 0. The monoisotopic (exact) mass is 139 g/mol. The van der Waals surface area contributed by atoms with Crippen LogP contribution in [-0.4, -0.2) is 5.24 Å². The molecule has 0 aromatic rings. The Morgan fingerprint density at radius 3 is 1.40 bits per heavy atom. The Morgan fingerprint density at radius 2 is 1.40 bits per heavy atom. The molecule has 0 atom stereocenters. The molecule has 0 aliphatic carbocycles. The molecule has 5 heavy (non-hydrogen) atoms. The van der Waals surface area contributed by atoms with Gasteiger partial charge < -0.3 is 10.2 Å². The van der Waals surface area contributed by atoms with Gasteiger partial charge in [0.05, 0.1) is 0 Å². The SMILES string of the molecule is [Cu+2].[O-]C([O-])=S. The van der Waals surface area contributed by atoms with Crippen molar-refractivity contribution in [3.05, 3.63) is 0 Å². The zero-order chi connectivity index (χ0) is 3.58. The summed E-state index contributed by atoms with van der Waals surface area (Å²) >= 11 is 3.43. The standard InChI is InChI=1S/CH2O2S.Cu/c2-1(3)4;/h(H2,2,3,4);/q;+2/p-2. The molecule has 0 aliphatic rings. The second kappa shape index (κ2) is 4.21. The van der Waals surface area contributed by atoms with Crippen LogP contribution in [0.1, 0.15) is 0 Å². The van der Waals surface area contributed by atoms with Gasteiger partial charge in [-0.2, -0.15) is 0 Å². The van der Waals surface area contributed by atoms with Crippen molar-refractivity contribution >= 4 is 17.5 Å². The van der Waals surface area contributed by atoms with E-state index in [9.17, 15) is 0 Å². The van der Waals surface area contributed by atoms with Gasteiger partial charge in [-0.1, -0.05) is 0 Å². The second-order valence-electron chi connectivity index (χ2n) is 0.250. The third-order valence-corrected chi connectivity index (χ3v) is 0. The molecule has 2 nitrogen and oxygen atoms in total. The summed E-state index contributed by atoms with van der Waals surface area (Å²) in [5.74, 6) is 0. The van der Waals surface area contributed by atoms with Gasteiger partial charge in [-0.25, -0.2) is 0 Å². The van der Waals surface area contributed by atoms with E-state index in [1.165, 1.54) is 0 Å². The van der Waals surface area contributed by atoms with E-state index in [1.54, 1.807) is 0 Å². The van der Waals surface area contributed by atoms with Crippen LogP contribution >= 0.6 is 12.2 Å². The summed E-state index contributed by atoms with van der Waals surface area (Å²) in [6.45, 7) is 0. The summed E-state index contributed by atoms with van der Waals surface area (Å²) in [6.07, 6.45) is 0. The van der Waals surface area contributed by atoms with Gasteiger partial charge in [0.15, 0.2) is 0 Å². The zero-order valence-electron chi connectivity index (χ0n) is 2.03. The minimum atomic E-state index is -1.50. The molecule has 0 fully saturated rings. The number of hydrogen-bond acceptors (Lipinski definition) is 3. The molecule has 4 heteroatoms. The first-order valence-electron chi connectivity index (χ1n) is 0.612. The molecule has 0 saturated carbocycles. The van der Waals surface area contributed by atoms with Crippen LogP contribution in [0.15, 0.2) is 0 Å². The van der Waals surface area contributed by atoms with E-state index in [0.29, 0.717) is 0 Å². The fraction of sp³-hybridized carbons (Fsp3) is 0. The van der Waals surface area contributed by atoms with E-state index in [2.05, 4.69) is 12.2 Å². The van der Waals surface area contributed by atoms with E-state index >= 15 is 0 Å². The first-order chi connectivity index (χ1) is 1.73. The number of thiocarbonyl (C=S) groups is 1. The molecule has 0 bridgehead atoms. The van der Waals surface area contributed by atoms with E-state index in [-0.39, 0.29) is 17.1 Å². The van der Waals surface area contributed by atoms with Crippen LogP contribution in [0.25, 0.3) is 0 Å². The molecule has 0 aromatic carbocycles. The van der Waals surface area contributed by atoms with Gasteiger partial charge in [-0.3, -0.25) is 0 Å². The summed E-state index contributed by atoms with van der Waals surface area (Å²) < 4.78 is 0. The van der Waals surface area contributed by atoms with Crippen molar-refractivity contribution in [2.45, 2.75) is 0 Å². The largest absolute Gasteiger partial charge is 2.00 e. The van der Waals surface area contributed by atoms with Gasteiger partial charge in [0.2, 0.25) is 0 Å². The van der Waals surface area contributed by atoms with E-state index < -0.39 is 5.24 Å². The van der Waals surface area contributed by atoms with E-state index in [4.69, 9.17) is 10.2 Å². The topological polar surface area (TPSA) is 46.1 Å². The fourth-order valence-electron chi connectivity index (χ4n) is 0. The predicted octanol–water partition coefficient (Wildman–Crippen LogP) is -2.01. The quantitative estimate of drug-likeness (QED) is 0.288. The molecule has 0 saturated heterocycles. The van der Waals surface area contributed by atoms with Crippen LogP contribution in [0.4, 0.5) is 0 Å². The normalized spacial score (nSPS) is 4.80. The molecule has 0 N–H and O–H groups in total. The molecule has 0 rings (SSSR count). The molecule has 0 aromatic heterocycles. The molecular weight excluding hydrogens is 140 g/mol. The molecule has 33 valence electrons. The van der Waals surface area contributed by atoms with Crippen LogP contribution in [0, 0.1) is 0 Å². The van der Waals surface area contributed by atoms with E-state index in [0.717, 1.165) is 0 Å². The predicted molar refractivity (Wildman–Crippen MR) is 12.6 cm³/mol. The molecule has 0 amide bonds. The Kier molecular flexibility index (Phi) is 7.54. The van der Waals surface area contributed by atoms with Gasteiger partial charge in [-0.15, -0.1) is 17.5 Å². The zero-order valence-corrected chi connectivity index (χ0v) is 3.78. The summed E-state index contributed by atoms with van der Waals surface area (Å²) in [5.41, 5.74) is 0. The van der Waals surface area contributed by atoms with Crippen LogP contribution < -0.4 is 10.2 Å². The molecule has 1 radical (unpaired) electrons. The Balaban J connectivity index is 0. The van der Waals surface area contributed by atoms with Crippen molar-refractivity contribution in [1.29, 1.82) is 0 Å². The van der Waals surface area contributed by atoms with Crippen molar-refractivity contribution in [3.8, 4) is 0 Å². The molecular formula is CCuO2S. The minimum Gasteiger partial charge on any atom is -0.876 e. The van der Waals surface area contributed by atoms with Crippen LogP contribution in [0.5, 0.6) is 0 Å². The van der Waals surface area contributed by atoms with Crippen LogP contribution in [-0.2, 0) is 17.1 Å². The number of hydrogen-bond donors (Lipinski definition) is 0. The summed E-state index contributed by atoms with van der Waals surface area (Å²) in [5, 5.41) is 15.9. The van der Waals surface area contributed by atoms with Gasteiger partial charge in [0.25, 0.3) is 0 Å². The fourth-order valence-corrected chi connectivity index (χ4v) is 0. The first-order valence-corrected chi connectivity index (χ1v) is 1.02. The maximum Gasteiger partial charge on any atom is 2.00 e. The van der Waals surface area contributed by atoms with Gasteiger partial charge >= 0.3 is 17.1 Å². The smallest absolute Gasteiger partial charge is 0.876 e. The Bertz CT molecular complexity index is 32.6. The third kappa shape index (κ3) is 468. The maximum absolute atomic E-state index is 8.70. The second-order valence-corrected chi connectivity index (χ2v) is 0.583. The average Bonchev–Trinajstić information content (AvgIpc) is 0.811. The first kappa shape index (κ1) is 8.96. The Morgan fingerprint density at radius 1 is 1.40 bits per heavy atom.